The number of benzene rings is 1. The average molecular weight is 288 g/mol. The van der Waals surface area contributed by atoms with Gasteiger partial charge in [0, 0.05) is 0 Å². The second kappa shape index (κ2) is 4.35. The second-order valence-corrected chi connectivity index (χ2v) is 5.68. The maximum atomic E-state index is 12.1. The lowest BCUT2D eigenvalue weighted by Gasteiger charge is -2.41. The molecule has 0 aliphatic heterocycles. The third-order valence-corrected chi connectivity index (χ3v) is 4.92. The first-order valence-electron chi connectivity index (χ1n) is 6.77. The molecule has 3 rings (SSSR count). The van der Waals surface area contributed by atoms with E-state index in [0.717, 1.165) is 5.56 Å². The van der Waals surface area contributed by atoms with Crippen LogP contribution >= 0.6 is 0 Å². The van der Waals surface area contributed by atoms with E-state index in [2.05, 4.69) is 0 Å². The minimum Gasteiger partial charge on any atom is -0.497 e. The lowest BCUT2D eigenvalue weighted by molar-refractivity contribution is -0.165. The summed E-state index contributed by atoms with van der Waals surface area (Å²) >= 11 is 0. The average Bonchev–Trinajstić information content (AvgIpc) is 2.79. The fraction of sp³-hybridized carbons (Fsp3) is 0.375. The van der Waals surface area contributed by atoms with Crippen molar-refractivity contribution in [3.05, 3.63) is 41.5 Å². The summed E-state index contributed by atoms with van der Waals surface area (Å²) in [4.78, 5) is 24.1. The van der Waals surface area contributed by atoms with E-state index in [9.17, 15) is 19.8 Å². The maximum absolute atomic E-state index is 12.1. The summed E-state index contributed by atoms with van der Waals surface area (Å²) in [7, 11) is 1.51. The number of rotatable bonds is 3. The maximum Gasteiger partial charge on any atom is 0.315 e. The van der Waals surface area contributed by atoms with E-state index >= 15 is 0 Å². The Morgan fingerprint density at radius 1 is 1.14 bits per heavy atom. The number of aliphatic carboxylic acids is 2. The molecule has 0 amide bonds. The van der Waals surface area contributed by atoms with E-state index in [1.807, 2.05) is 0 Å². The first-order valence-corrected chi connectivity index (χ1v) is 6.77. The SMILES string of the molecule is COc1ccc2c(c1)[C@@]1(C(=O)O)CC=CC[C@@]1(C(=O)O)C2. The van der Waals surface area contributed by atoms with Crippen LogP contribution in [0, 0.1) is 5.41 Å². The Hall–Kier alpha value is -2.30. The number of fused-ring (bicyclic) bond motifs is 3. The summed E-state index contributed by atoms with van der Waals surface area (Å²) in [6, 6.07) is 5.20. The zero-order valence-corrected chi connectivity index (χ0v) is 11.6. The second-order valence-electron chi connectivity index (χ2n) is 5.68. The first kappa shape index (κ1) is 13.7. The number of methoxy groups -OCH3 is 1. The molecule has 2 aliphatic rings. The van der Waals surface area contributed by atoms with Crippen molar-refractivity contribution in [2.24, 2.45) is 5.41 Å². The van der Waals surface area contributed by atoms with E-state index in [4.69, 9.17) is 4.74 Å². The van der Waals surface area contributed by atoms with Crippen LogP contribution in [0.4, 0.5) is 0 Å². The van der Waals surface area contributed by atoms with Gasteiger partial charge in [0.1, 0.15) is 11.2 Å². The molecule has 0 unspecified atom stereocenters. The van der Waals surface area contributed by atoms with E-state index in [1.165, 1.54) is 7.11 Å². The van der Waals surface area contributed by atoms with Gasteiger partial charge in [-0.1, -0.05) is 18.2 Å². The van der Waals surface area contributed by atoms with Crippen molar-refractivity contribution in [1.82, 2.24) is 0 Å². The van der Waals surface area contributed by atoms with Gasteiger partial charge in [-0.05, 0) is 42.5 Å². The summed E-state index contributed by atoms with van der Waals surface area (Å²) in [5, 5.41) is 19.7. The standard InChI is InChI=1S/C16H16O5/c1-21-11-5-4-10-9-15(13(17)18)6-2-3-7-16(15,14(19)20)12(10)8-11/h2-5,8H,6-7,9H2,1H3,(H,17,18)(H,19,20)/t15-,16+/m0/s1. The van der Waals surface area contributed by atoms with Gasteiger partial charge < -0.3 is 14.9 Å². The molecule has 1 aromatic rings. The molecule has 2 atom stereocenters. The summed E-state index contributed by atoms with van der Waals surface area (Å²) in [6.07, 6.45) is 4.20. The molecule has 0 spiro atoms. The molecule has 0 aromatic heterocycles. The molecular formula is C16H16O5. The molecule has 0 fully saturated rings. The quantitative estimate of drug-likeness (QED) is 0.831. The Kier molecular flexibility index (Phi) is 2.83. The van der Waals surface area contributed by atoms with Gasteiger partial charge in [-0.3, -0.25) is 9.59 Å². The van der Waals surface area contributed by atoms with Crippen LogP contribution in [-0.2, 0) is 21.4 Å². The number of ether oxygens (including phenoxy) is 1. The molecule has 1 aromatic carbocycles. The zero-order chi connectivity index (χ0) is 15.3. The summed E-state index contributed by atoms with van der Waals surface area (Å²) < 4.78 is 5.18. The molecule has 0 radical (unpaired) electrons. The van der Waals surface area contributed by atoms with Crippen molar-refractivity contribution in [2.45, 2.75) is 24.7 Å². The molecule has 5 nitrogen and oxygen atoms in total. The Bertz CT molecular complexity index is 663. The molecule has 5 heteroatoms. The molecule has 0 saturated carbocycles. The fourth-order valence-corrected chi connectivity index (χ4v) is 3.82. The lowest BCUT2D eigenvalue weighted by atomic mass is 9.58. The van der Waals surface area contributed by atoms with Crippen molar-refractivity contribution in [3.63, 3.8) is 0 Å². The monoisotopic (exact) mass is 288 g/mol. The van der Waals surface area contributed by atoms with Gasteiger partial charge in [0.05, 0.1) is 12.5 Å². The third kappa shape index (κ3) is 1.51. The number of hydrogen-bond acceptors (Lipinski definition) is 3. The molecule has 0 bridgehead atoms. The summed E-state index contributed by atoms with van der Waals surface area (Å²) in [5.41, 5.74) is -1.38. The molecule has 2 aliphatic carbocycles. The Morgan fingerprint density at radius 2 is 1.86 bits per heavy atom. The molecule has 2 N–H and O–H groups in total. The van der Waals surface area contributed by atoms with Crippen LogP contribution in [0.25, 0.3) is 0 Å². The van der Waals surface area contributed by atoms with E-state index in [1.54, 1.807) is 30.4 Å². The highest BCUT2D eigenvalue weighted by Crippen LogP contribution is 2.58. The van der Waals surface area contributed by atoms with Gasteiger partial charge in [0.2, 0.25) is 0 Å². The first-order chi connectivity index (χ1) is 9.98. The van der Waals surface area contributed by atoms with E-state index in [0.29, 0.717) is 11.3 Å². The minimum atomic E-state index is -1.42. The van der Waals surface area contributed by atoms with Crippen LogP contribution < -0.4 is 4.74 Å². The van der Waals surface area contributed by atoms with Crippen molar-refractivity contribution >= 4 is 11.9 Å². The van der Waals surface area contributed by atoms with Crippen LogP contribution in [0.3, 0.4) is 0 Å². The predicted octanol–water partition coefficient (Wildman–Crippen LogP) is 1.99. The number of allylic oxidation sites excluding steroid dienone is 2. The summed E-state index contributed by atoms with van der Waals surface area (Å²) in [6.45, 7) is 0. The molecule has 21 heavy (non-hydrogen) atoms. The smallest absolute Gasteiger partial charge is 0.315 e. The van der Waals surface area contributed by atoms with Gasteiger partial charge in [-0.15, -0.1) is 0 Å². The minimum absolute atomic E-state index is 0.189. The fourth-order valence-electron chi connectivity index (χ4n) is 3.82. The van der Waals surface area contributed by atoms with Gasteiger partial charge in [0.15, 0.2) is 0 Å². The number of hydrogen-bond donors (Lipinski definition) is 2. The highest BCUT2D eigenvalue weighted by atomic mass is 16.5. The van der Waals surface area contributed by atoms with E-state index in [-0.39, 0.29) is 19.3 Å². The molecule has 0 heterocycles. The third-order valence-electron chi connectivity index (χ3n) is 4.92. The van der Waals surface area contributed by atoms with Crippen molar-refractivity contribution in [2.75, 3.05) is 7.11 Å². The Balaban J connectivity index is 2.32. The van der Waals surface area contributed by atoms with Gasteiger partial charge in [0.25, 0.3) is 0 Å². The molecule has 110 valence electrons. The van der Waals surface area contributed by atoms with Gasteiger partial charge >= 0.3 is 11.9 Å². The van der Waals surface area contributed by atoms with Crippen LogP contribution in [0.2, 0.25) is 0 Å². The van der Waals surface area contributed by atoms with Crippen LogP contribution in [0.5, 0.6) is 5.75 Å². The highest BCUT2D eigenvalue weighted by molar-refractivity contribution is 5.95. The molecule has 0 saturated heterocycles. The Labute approximate surface area is 121 Å². The van der Waals surface area contributed by atoms with Crippen molar-refractivity contribution < 1.29 is 24.5 Å². The number of carbonyl (C=O) groups is 2. The zero-order valence-electron chi connectivity index (χ0n) is 11.6. The van der Waals surface area contributed by atoms with Crippen LogP contribution in [0.15, 0.2) is 30.4 Å². The van der Waals surface area contributed by atoms with Crippen LogP contribution in [-0.4, -0.2) is 29.3 Å². The van der Waals surface area contributed by atoms with Gasteiger partial charge in [-0.2, -0.15) is 0 Å². The largest absolute Gasteiger partial charge is 0.497 e. The van der Waals surface area contributed by atoms with Crippen LogP contribution in [0.1, 0.15) is 24.0 Å². The van der Waals surface area contributed by atoms with E-state index < -0.39 is 22.8 Å². The lowest BCUT2D eigenvalue weighted by Crippen LogP contribution is -2.54. The topological polar surface area (TPSA) is 83.8 Å². The Morgan fingerprint density at radius 3 is 2.48 bits per heavy atom. The highest BCUT2D eigenvalue weighted by Gasteiger charge is 2.66. The van der Waals surface area contributed by atoms with Crippen molar-refractivity contribution in [3.8, 4) is 5.75 Å². The summed E-state index contributed by atoms with van der Waals surface area (Å²) in [5.74, 6) is -1.59. The predicted molar refractivity (Wildman–Crippen MR) is 74.5 cm³/mol. The number of carboxylic acids is 2. The number of carboxylic acid groups (broad SMARTS) is 2. The molecular weight excluding hydrogens is 272 g/mol. The van der Waals surface area contributed by atoms with Crippen molar-refractivity contribution in [1.29, 1.82) is 0 Å². The van der Waals surface area contributed by atoms with Gasteiger partial charge in [-0.25, -0.2) is 0 Å². The normalized spacial score (nSPS) is 29.6.